The summed E-state index contributed by atoms with van der Waals surface area (Å²) in [5, 5.41) is 2.63. The molecule has 0 bridgehead atoms. The number of rotatable bonds is 5. The number of carbonyl (C=O) groups excluding carboxylic acids is 1. The molecule has 1 N–H and O–H groups in total. The van der Waals surface area contributed by atoms with Crippen LogP contribution in [0.1, 0.15) is 26.7 Å². The summed E-state index contributed by atoms with van der Waals surface area (Å²) in [5.74, 6) is -1.02. The third kappa shape index (κ3) is 5.08. The SMILES string of the molecule is O=C(NCCc1ccccc1)c1ccc(C2CS(=O)(=O)CC=CS2(=O)=O)cc1. The molecule has 0 fully saturated rings. The van der Waals surface area contributed by atoms with Gasteiger partial charge < -0.3 is 5.32 Å². The van der Waals surface area contributed by atoms with Crippen LogP contribution in [0.25, 0.3) is 0 Å². The number of hydrogen-bond donors (Lipinski definition) is 1. The molecular weight excluding hydrogens is 398 g/mol. The van der Waals surface area contributed by atoms with Gasteiger partial charge in [-0.2, -0.15) is 0 Å². The number of benzene rings is 2. The van der Waals surface area contributed by atoms with Crippen LogP contribution < -0.4 is 5.32 Å². The molecule has 1 amide bonds. The third-order valence-corrected chi connectivity index (χ3v) is 8.08. The Hall–Kier alpha value is -2.45. The predicted octanol–water partition coefficient (Wildman–Crippen LogP) is 2.06. The Bertz CT molecular complexity index is 1070. The molecule has 0 saturated carbocycles. The monoisotopic (exact) mass is 419 g/mol. The van der Waals surface area contributed by atoms with Gasteiger partial charge in [0.1, 0.15) is 5.25 Å². The highest BCUT2D eigenvalue weighted by Crippen LogP contribution is 2.28. The smallest absolute Gasteiger partial charge is 0.251 e. The van der Waals surface area contributed by atoms with Gasteiger partial charge in [0.2, 0.25) is 0 Å². The lowest BCUT2D eigenvalue weighted by molar-refractivity contribution is 0.0954. The van der Waals surface area contributed by atoms with E-state index in [1.807, 2.05) is 30.3 Å². The van der Waals surface area contributed by atoms with Crippen molar-refractivity contribution in [3.8, 4) is 0 Å². The molecule has 1 aliphatic heterocycles. The van der Waals surface area contributed by atoms with Gasteiger partial charge in [-0.1, -0.05) is 48.5 Å². The largest absolute Gasteiger partial charge is 0.352 e. The van der Waals surface area contributed by atoms with Crippen molar-refractivity contribution < 1.29 is 21.6 Å². The van der Waals surface area contributed by atoms with Crippen LogP contribution in [-0.2, 0) is 26.1 Å². The number of hydrogen-bond acceptors (Lipinski definition) is 5. The quantitative estimate of drug-likeness (QED) is 0.800. The number of carbonyl (C=O) groups is 1. The van der Waals surface area contributed by atoms with Crippen molar-refractivity contribution in [1.82, 2.24) is 5.32 Å². The molecule has 3 rings (SSSR count). The summed E-state index contributed by atoms with van der Waals surface area (Å²) < 4.78 is 48.7. The standard InChI is InChI=1S/C20H21NO5S2/c22-20(21-12-11-16-5-2-1-3-6-16)18-9-7-17(8-10-18)19-15-27(23,24)13-4-14-28(19,25)26/h1-10,14,19H,11-13,15H2,(H,21,22). The second-order valence-electron chi connectivity index (χ2n) is 6.64. The fourth-order valence-electron chi connectivity index (χ4n) is 3.01. The van der Waals surface area contributed by atoms with Crippen molar-refractivity contribution in [2.24, 2.45) is 0 Å². The molecular formula is C20H21NO5S2. The molecule has 1 heterocycles. The minimum absolute atomic E-state index is 0.265. The van der Waals surface area contributed by atoms with Gasteiger partial charge >= 0.3 is 0 Å². The van der Waals surface area contributed by atoms with Crippen molar-refractivity contribution in [3.05, 3.63) is 82.8 Å². The number of amides is 1. The molecule has 1 unspecified atom stereocenters. The Morgan fingerprint density at radius 3 is 2.32 bits per heavy atom. The van der Waals surface area contributed by atoms with Gasteiger partial charge in [-0.15, -0.1) is 0 Å². The Balaban J connectivity index is 1.68. The first-order valence-corrected chi connectivity index (χ1v) is 12.2. The zero-order chi connectivity index (χ0) is 20.2. The second kappa shape index (κ2) is 8.28. The van der Waals surface area contributed by atoms with Crippen LogP contribution in [0.15, 0.2) is 66.1 Å². The molecule has 0 radical (unpaired) electrons. The van der Waals surface area contributed by atoms with Crippen molar-refractivity contribution in [1.29, 1.82) is 0 Å². The van der Waals surface area contributed by atoms with Gasteiger partial charge in [-0.25, -0.2) is 16.8 Å². The van der Waals surface area contributed by atoms with E-state index in [1.165, 1.54) is 30.3 Å². The average Bonchev–Trinajstić information content (AvgIpc) is 2.77. The fraction of sp³-hybridized carbons (Fsp3) is 0.250. The molecule has 0 aromatic heterocycles. The summed E-state index contributed by atoms with van der Waals surface area (Å²) >= 11 is 0. The molecule has 28 heavy (non-hydrogen) atoms. The van der Waals surface area contributed by atoms with Gasteiger partial charge in [-0.3, -0.25) is 4.79 Å². The Morgan fingerprint density at radius 1 is 0.964 bits per heavy atom. The van der Waals surface area contributed by atoms with Crippen molar-refractivity contribution in [2.45, 2.75) is 11.7 Å². The van der Waals surface area contributed by atoms with E-state index >= 15 is 0 Å². The Kier molecular flexibility index (Phi) is 6.00. The van der Waals surface area contributed by atoms with E-state index in [2.05, 4.69) is 5.32 Å². The van der Waals surface area contributed by atoms with Crippen LogP contribution in [0.5, 0.6) is 0 Å². The predicted molar refractivity (Wildman–Crippen MR) is 108 cm³/mol. The van der Waals surface area contributed by atoms with Crippen LogP contribution in [0.3, 0.4) is 0 Å². The summed E-state index contributed by atoms with van der Waals surface area (Å²) in [6.45, 7) is 0.477. The first-order chi connectivity index (χ1) is 13.3. The maximum atomic E-state index is 12.4. The van der Waals surface area contributed by atoms with E-state index in [4.69, 9.17) is 0 Å². The topological polar surface area (TPSA) is 97.4 Å². The maximum Gasteiger partial charge on any atom is 0.251 e. The summed E-state index contributed by atoms with van der Waals surface area (Å²) in [6, 6.07) is 15.8. The molecule has 1 aliphatic rings. The van der Waals surface area contributed by atoms with E-state index in [9.17, 15) is 21.6 Å². The van der Waals surface area contributed by atoms with Gasteiger partial charge in [0.25, 0.3) is 5.91 Å². The number of sulfone groups is 2. The van der Waals surface area contributed by atoms with E-state index in [1.54, 1.807) is 0 Å². The van der Waals surface area contributed by atoms with Crippen LogP contribution in [0.2, 0.25) is 0 Å². The van der Waals surface area contributed by atoms with Gasteiger partial charge in [0, 0.05) is 17.5 Å². The molecule has 148 valence electrons. The van der Waals surface area contributed by atoms with E-state index in [0.29, 0.717) is 24.1 Å². The fourth-order valence-corrected chi connectivity index (χ4v) is 6.78. The second-order valence-corrected chi connectivity index (χ2v) is 10.8. The highest BCUT2D eigenvalue weighted by atomic mass is 32.2. The molecule has 0 saturated heterocycles. The normalized spacial score (nSPS) is 20.2. The zero-order valence-corrected chi connectivity index (χ0v) is 16.7. The highest BCUT2D eigenvalue weighted by molar-refractivity contribution is 7.97. The summed E-state index contributed by atoms with van der Waals surface area (Å²) in [5.41, 5.74) is 1.86. The van der Waals surface area contributed by atoms with Gasteiger partial charge in [-0.05, 0) is 29.7 Å². The van der Waals surface area contributed by atoms with Gasteiger partial charge in [0.15, 0.2) is 19.7 Å². The summed E-state index contributed by atoms with van der Waals surface area (Å²) in [6.07, 6.45) is 1.87. The number of nitrogens with one attached hydrogen (secondary N) is 1. The van der Waals surface area contributed by atoms with Crippen LogP contribution in [-0.4, -0.2) is 40.8 Å². The third-order valence-electron chi connectivity index (χ3n) is 4.52. The van der Waals surface area contributed by atoms with E-state index < -0.39 is 30.7 Å². The van der Waals surface area contributed by atoms with Crippen LogP contribution in [0, 0.1) is 0 Å². The van der Waals surface area contributed by atoms with Crippen LogP contribution in [0.4, 0.5) is 0 Å². The molecule has 2 aromatic carbocycles. The molecule has 8 heteroatoms. The molecule has 6 nitrogen and oxygen atoms in total. The first kappa shape index (κ1) is 20.3. The van der Waals surface area contributed by atoms with E-state index in [-0.39, 0.29) is 11.7 Å². The van der Waals surface area contributed by atoms with Crippen molar-refractivity contribution in [3.63, 3.8) is 0 Å². The minimum Gasteiger partial charge on any atom is -0.352 e. The summed E-state index contributed by atoms with van der Waals surface area (Å²) in [7, 11) is -7.22. The molecule has 1 atom stereocenters. The Morgan fingerprint density at radius 2 is 1.64 bits per heavy atom. The minimum atomic E-state index is -3.72. The molecule has 2 aromatic rings. The lowest BCUT2D eigenvalue weighted by Crippen LogP contribution is -2.26. The molecule has 0 spiro atoms. The average molecular weight is 420 g/mol. The van der Waals surface area contributed by atoms with E-state index in [0.717, 1.165) is 11.0 Å². The van der Waals surface area contributed by atoms with Gasteiger partial charge in [0.05, 0.1) is 11.5 Å². The Labute approximate surface area is 165 Å². The highest BCUT2D eigenvalue weighted by Gasteiger charge is 2.32. The molecule has 0 aliphatic carbocycles. The zero-order valence-electron chi connectivity index (χ0n) is 15.1. The van der Waals surface area contributed by atoms with Crippen molar-refractivity contribution >= 4 is 25.6 Å². The first-order valence-electron chi connectivity index (χ1n) is 8.80. The van der Waals surface area contributed by atoms with Crippen molar-refractivity contribution in [2.75, 3.05) is 18.1 Å². The summed E-state index contributed by atoms with van der Waals surface area (Å²) in [4.78, 5) is 12.3. The van der Waals surface area contributed by atoms with Crippen LogP contribution >= 0.6 is 0 Å². The lowest BCUT2D eigenvalue weighted by Gasteiger charge is -2.14. The lowest BCUT2D eigenvalue weighted by atomic mass is 10.1. The maximum absolute atomic E-state index is 12.4.